The van der Waals surface area contributed by atoms with Gasteiger partial charge in [-0.1, -0.05) is 111 Å². The summed E-state index contributed by atoms with van der Waals surface area (Å²) in [6.07, 6.45) is 3.38. The van der Waals surface area contributed by atoms with E-state index >= 15 is 14.4 Å². The van der Waals surface area contributed by atoms with Gasteiger partial charge < -0.3 is 64.3 Å². The summed E-state index contributed by atoms with van der Waals surface area (Å²) in [5.74, 6) is -6.98. The number of nitrogens with zero attached hydrogens (tertiary/aromatic N) is 2. The van der Waals surface area contributed by atoms with Crippen LogP contribution in [0.15, 0.2) is 108 Å². The number of nitrogens with one attached hydrogen (secondary N) is 8. The Morgan fingerprint density at radius 1 is 0.753 bits per heavy atom. The summed E-state index contributed by atoms with van der Waals surface area (Å²) in [5, 5.41) is 22.1. The van der Waals surface area contributed by atoms with Crippen LogP contribution in [0.2, 0.25) is 0 Å². The van der Waals surface area contributed by atoms with Gasteiger partial charge in [0.25, 0.3) is 0 Å². The number of carbonyl (C=O) groups excluding carboxylic acids is 9. The topological polar surface area (TPSA) is 347 Å². The minimum absolute atomic E-state index is 0.00698. The Kier molecular flexibility index (Phi) is 21.3. The molecule has 5 aromatic rings. The molecule has 8 atom stereocenters. The Morgan fingerprint density at radius 2 is 1.43 bits per heavy atom. The third-order valence-corrected chi connectivity index (χ3v) is 14.8. The molecule has 0 saturated carbocycles. The van der Waals surface area contributed by atoms with E-state index in [2.05, 4.69) is 47.2 Å². The van der Waals surface area contributed by atoms with E-state index in [9.17, 15) is 28.8 Å². The van der Waals surface area contributed by atoms with Crippen molar-refractivity contribution < 1.29 is 43.2 Å². The van der Waals surface area contributed by atoms with E-state index < -0.39 is 108 Å². The number of H-pyrrole nitrogens is 1. The predicted molar refractivity (Wildman–Crippen MR) is 306 cm³/mol. The highest BCUT2D eigenvalue weighted by molar-refractivity contribution is 5.99. The van der Waals surface area contributed by atoms with Gasteiger partial charge in [0.1, 0.15) is 42.3 Å². The van der Waals surface area contributed by atoms with Crippen molar-refractivity contribution in [2.24, 2.45) is 22.2 Å². The number of rotatable bonds is 16. The Labute approximate surface area is 470 Å². The van der Waals surface area contributed by atoms with Crippen molar-refractivity contribution in [3.63, 3.8) is 0 Å². The molecule has 9 amide bonds. The lowest BCUT2D eigenvalue weighted by Gasteiger charge is -2.31. The number of aromatic nitrogens is 1. The van der Waals surface area contributed by atoms with Gasteiger partial charge in [-0.2, -0.15) is 0 Å². The molecule has 0 radical (unpaired) electrons. The van der Waals surface area contributed by atoms with Crippen LogP contribution in [-0.4, -0.2) is 131 Å². The van der Waals surface area contributed by atoms with Crippen molar-refractivity contribution in [2.75, 3.05) is 19.6 Å². The molecule has 0 bridgehead atoms. The molecule has 14 N–H and O–H groups in total. The van der Waals surface area contributed by atoms with Crippen molar-refractivity contribution in [3.8, 4) is 0 Å². The number of hydrogen-bond donors (Lipinski definition) is 11. The Bertz CT molecular complexity index is 3090. The van der Waals surface area contributed by atoms with Crippen LogP contribution in [0.25, 0.3) is 21.7 Å². The minimum atomic E-state index is -1.52. The first-order valence-electron chi connectivity index (χ1n) is 27.8. The quantitative estimate of drug-likeness (QED) is 0.0385. The number of aromatic amines is 1. The second-order valence-corrected chi connectivity index (χ2v) is 20.9. The summed E-state index contributed by atoms with van der Waals surface area (Å²) in [5.41, 5.74) is 20.1. The van der Waals surface area contributed by atoms with Crippen LogP contribution < -0.4 is 54.4 Å². The van der Waals surface area contributed by atoms with Crippen LogP contribution in [0.1, 0.15) is 101 Å². The molecule has 2 aliphatic rings. The zero-order valence-electron chi connectivity index (χ0n) is 45.8. The molecule has 81 heavy (non-hydrogen) atoms. The van der Waals surface area contributed by atoms with Gasteiger partial charge in [-0.25, -0.2) is 0 Å². The van der Waals surface area contributed by atoms with Crippen LogP contribution in [0.3, 0.4) is 0 Å². The molecule has 0 spiro atoms. The molecular formula is C59H75N13O9. The standard InChI is InChI=1S/C59H75N13O9/c1-3-4-20-45(66-35(2)73)53(76)71-49-32-51(74)63-26-13-12-22-44(52(60)75)67-56(79)48(30-40-33-65-43-21-11-10-19-42(40)43)69-54(77)46(23-14-27-64-59(61)62)68-55(78)47(29-36-24-25-38-17-8-9-18-39(38)28-36)70-57(80)50-31-41(34-72(50)58(49)81)37-15-6-5-7-16-37/h5-11,15-19,21,24-25,28,33,41,44-50,65H,3-4,12-14,20,22-23,26-27,29-32,34H2,1-2H3,(H2,60,75)(H,63,74)(H,66,73)(H,67,79)(H,68,78)(H,69,77)(H,70,80)(H,71,76)(H4,61,62,64)/t41-,44-,45-,46-,47+,48-,49-,50-/m0/s1. The lowest BCUT2D eigenvalue weighted by Crippen LogP contribution is -2.60. The number of benzene rings is 4. The van der Waals surface area contributed by atoms with Crippen molar-refractivity contribution in [3.05, 3.63) is 120 Å². The maximum Gasteiger partial charge on any atom is 0.246 e. The molecule has 2 saturated heterocycles. The Hall–Kier alpha value is -8.82. The van der Waals surface area contributed by atoms with E-state index in [1.54, 1.807) is 6.20 Å². The molecule has 4 aromatic carbocycles. The van der Waals surface area contributed by atoms with Crippen molar-refractivity contribution >= 4 is 80.8 Å². The smallest absolute Gasteiger partial charge is 0.246 e. The largest absolute Gasteiger partial charge is 0.370 e. The molecule has 7 rings (SSSR count). The Balaban J connectivity index is 1.29. The molecule has 1 aromatic heterocycles. The van der Waals surface area contributed by atoms with E-state index in [0.29, 0.717) is 30.4 Å². The number of nitrogens with two attached hydrogens (primary N) is 3. The van der Waals surface area contributed by atoms with Crippen LogP contribution in [0.4, 0.5) is 0 Å². The van der Waals surface area contributed by atoms with Gasteiger partial charge in [-0.15, -0.1) is 0 Å². The first kappa shape index (κ1) is 59.8. The lowest BCUT2D eigenvalue weighted by atomic mass is 9.96. The molecule has 3 heterocycles. The number of unbranched alkanes of at least 4 members (excludes halogenated alkanes) is 1. The normalized spacial score (nSPS) is 22.2. The monoisotopic (exact) mass is 1110 g/mol. The number of guanidine groups is 1. The molecular weight excluding hydrogens is 1030 g/mol. The summed E-state index contributed by atoms with van der Waals surface area (Å²) < 4.78 is 0. The second-order valence-electron chi connectivity index (χ2n) is 20.9. The predicted octanol–water partition coefficient (Wildman–Crippen LogP) is 1.84. The summed E-state index contributed by atoms with van der Waals surface area (Å²) in [6, 6.07) is 20.8. The highest BCUT2D eigenvalue weighted by Gasteiger charge is 2.44. The molecule has 2 aliphatic heterocycles. The maximum atomic E-state index is 15.2. The number of primary amides is 1. The fraction of sp³-hybridized carbons (Fsp3) is 0.424. The number of fused-ring (bicyclic) bond motifs is 3. The average molecular weight is 1110 g/mol. The van der Waals surface area contributed by atoms with Gasteiger partial charge in [-0.05, 0) is 78.5 Å². The van der Waals surface area contributed by atoms with Crippen LogP contribution in [-0.2, 0) is 56.0 Å². The van der Waals surface area contributed by atoms with Crippen molar-refractivity contribution in [1.29, 1.82) is 0 Å². The molecule has 2 fully saturated rings. The highest BCUT2D eigenvalue weighted by atomic mass is 16.2. The van der Waals surface area contributed by atoms with E-state index in [1.165, 1.54) is 11.8 Å². The maximum absolute atomic E-state index is 15.2. The molecule has 0 unspecified atom stereocenters. The number of amides is 9. The minimum Gasteiger partial charge on any atom is -0.370 e. The van der Waals surface area contributed by atoms with Crippen molar-refractivity contribution in [2.45, 2.75) is 139 Å². The first-order chi connectivity index (χ1) is 39.0. The Morgan fingerprint density at radius 3 is 2.17 bits per heavy atom. The van der Waals surface area contributed by atoms with Gasteiger partial charge in [0.05, 0.1) is 6.42 Å². The van der Waals surface area contributed by atoms with E-state index in [0.717, 1.165) is 27.2 Å². The summed E-state index contributed by atoms with van der Waals surface area (Å²) in [7, 11) is 0. The van der Waals surface area contributed by atoms with Gasteiger partial charge in [-0.3, -0.25) is 48.1 Å². The third kappa shape index (κ3) is 16.9. The first-order valence-corrected chi connectivity index (χ1v) is 27.8. The third-order valence-electron chi connectivity index (χ3n) is 14.8. The molecule has 22 nitrogen and oxygen atoms in total. The van der Waals surface area contributed by atoms with Gasteiger partial charge >= 0.3 is 0 Å². The van der Waals surface area contributed by atoms with Crippen LogP contribution in [0, 0.1) is 0 Å². The fourth-order valence-electron chi connectivity index (χ4n) is 10.5. The lowest BCUT2D eigenvalue weighted by molar-refractivity contribution is -0.143. The zero-order valence-corrected chi connectivity index (χ0v) is 45.8. The molecule has 22 heteroatoms. The van der Waals surface area contributed by atoms with Crippen LogP contribution in [0.5, 0.6) is 0 Å². The number of carbonyl (C=O) groups is 9. The number of aliphatic imine (C=N–C) groups is 1. The average Bonchev–Trinajstić information content (AvgIpc) is 4.21. The van der Waals surface area contributed by atoms with Gasteiger partial charge in [0.2, 0.25) is 53.2 Å². The van der Waals surface area contributed by atoms with Crippen LogP contribution >= 0.6 is 0 Å². The zero-order chi connectivity index (χ0) is 58.0. The molecule has 0 aliphatic carbocycles. The second kappa shape index (κ2) is 28.9. The SMILES string of the molecule is CCCC[C@H](NC(C)=O)C(=O)N[C@H]1CC(=O)NCCCC[C@@H](C(N)=O)NC(=O)[C@H](Cc2c[nH]c3ccccc23)NC(=O)[C@H](CCCN=C(N)N)NC(=O)[C@@H](Cc2ccc3ccccc3c2)NC(=O)[C@@H]2C[C@H](c3ccccc3)CN2C1=O. The summed E-state index contributed by atoms with van der Waals surface area (Å²) >= 11 is 0. The summed E-state index contributed by atoms with van der Waals surface area (Å²) in [6.45, 7) is 3.32. The van der Waals surface area contributed by atoms with E-state index in [1.807, 2.05) is 104 Å². The fourth-order valence-corrected chi connectivity index (χ4v) is 10.5. The molecule has 430 valence electrons. The van der Waals surface area contributed by atoms with E-state index in [4.69, 9.17) is 17.2 Å². The van der Waals surface area contributed by atoms with Crippen molar-refractivity contribution in [1.82, 2.24) is 47.1 Å². The summed E-state index contributed by atoms with van der Waals surface area (Å²) in [4.78, 5) is 137. The van der Waals surface area contributed by atoms with Gasteiger partial charge in [0.15, 0.2) is 5.96 Å². The number of para-hydroxylation sites is 1. The number of hydrogen-bond acceptors (Lipinski definition) is 10. The highest BCUT2D eigenvalue weighted by Crippen LogP contribution is 2.33. The van der Waals surface area contributed by atoms with Gasteiger partial charge in [0, 0.05) is 62.4 Å². The van der Waals surface area contributed by atoms with E-state index in [-0.39, 0.29) is 77.0 Å².